The highest BCUT2D eigenvalue weighted by molar-refractivity contribution is 5.93. The van der Waals surface area contributed by atoms with Crippen molar-refractivity contribution in [1.29, 1.82) is 0 Å². The van der Waals surface area contributed by atoms with E-state index in [1.807, 2.05) is 32.0 Å². The summed E-state index contributed by atoms with van der Waals surface area (Å²) < 4.78 is 0. The molecule has 1 fully saturated rings. The molecule has 0 saturated heterocycles. The average Bonchev–Trinajstić information content (AvgIpc) is 2.79. The van der Waals surface area contributed by atoms with Crippen molar-refractivity contribution in [1.82, 2.24) is 5.32 Å². The van der Waals surface area contributed by atoms with Gasteiger partial charge in [-0.2, -0.15) is 0 Å². The van der Waals surface area contributed by atoms with Crippen molar-refractivity contribution in [3.8, 4) is 0 Å². The molecule has 4 heteroatoms. The fourth-order valence-electron chi connectivity index (χ4n) is 3.39. The van der Waals surface area contributed by atoms with Crippen molar-refractivity contribution < 1.29 is 9.59 Å². The summed E-state index contributed by atoms with van der Waals surface area (Å²) in [6, 6.07) is 6.38. The van der Waals surface area contributed by atoms with Gasteiger partial charge < -0.3 is 10.2 Å². The SMILES string of the molecule is CC(=O)N(CCC(=O)NC1CCCCCC1)c1cc(C)ccc1C. The fourth-order valence-corrected chi connectivity index (χ4v) is 3.39. The van der Waals surface area contributed by atoms with E-state index in [-0.39, 0.29) is 11.8 Å². The summed E-state index contributed by atoms with van der Waals surface area (Å²) in [4.78, 5) is 26.1. The molecular formula is C20H30N2O2. The second-order valence-electron chi connectivity index (χ2n) is 6.97. The van der Waals surface area contributed by atoms with Crippen LogP contribution in [0, 0.1) is 13.8 Å². The first-order valence-electron chi connectivity index (χ1n) is 9.12. The standard InChI is InChI=1S/C20H30N2O2/c1-15-10-11-16(2)19(14-15)22(17(3)23)13-12-20(24)21-18-8-6-4-5-7-9-18/h10-11,14,18H,4-9,12-13H2,1-3H3,(H,21,24). The highest BCUT2D eigenvalue weighted by atomic mass is 16.2. The number of nitrogens with one attached hydrogen (secondary N) is 1. The summed E-state index contributed by atoms with van der Waals surface area (Å²) in [6.45, 7) is 6.00. The summed E-state index contributed by atoms with van der Waals surface area (Å²) in [6.07, 6.45) is 7.47. The molecule has 1 aliphatic rings. The van der Waals surface area contributed by atoms with Crippen molar-refractivity contribution in [3.63, 3.8) is 0 Å². The number of benzene rings is 1. The maximum absolute atomic E-state index is 12.3. The van der Waals surface area contributed by atoms with Gasteiger partial charge in [-0.15, -0.1) is 0 Å². The second kappa shape index (κ2) is 8.86. The van der Waals surface area contributed by atoms with Gasteiger partial charge in [0, 0.05) is 31.6 Å². The van der Waals surface area contributed by atoms with Crippen molar-refractivity contribution in [2.75, 3.05) is 11.4 Å². The molecule has 24 heavy (non-hydrogen) atoms. The molecule has 0 radical (unpaired) electrons. The minimum absolute atomic E-state index is 0.0223. The molecule has 2 amide bonds. The lowest BCUT2D eigenvalue weighted by atomic mass is 10.1. The lowest BCUT2D eigenvalue weighted by molar-refractivity contribution is -0.121. The zero-order valence-corrected chi connectivity index (χ0v) is 15.2. The molecule has 0 heterocycles. The molecule has 0 unspecified atom stereocenters. The van der Waals surface area contributed by atoms with E-state index in [1.165, 1.54) is 25.7 Å². The van der Waals surface area contributed by atoms with Crippen molar-refractivity contribution >= 4 is 17.5 Å². The van der Waals surface area contributed by atoms with Gasteiger partial charge in [-0.1, -0.05) is 37.8 Å². The summed E-state index contributed by atoms with van der Waals surface area (Å²) in [5, 5.41) is 3.15. The van der Waals surface area contributed by atoms with Crippen LogP contribution in [-0.2, 0) is 9.59 Å². The molecule has 1 N–H and O–H groups in total. The zero-order valence-electron chi connectivity index (χ0n) is 15.2. The molecule has 1 saturated carbocycles. The van der Waals surface area contributed by atoms with Gasteiger partial charge >= 0.3 is 0 Å². The van der Waals surface area contributed by atoms with Gasteiger partial charge in [-0.05, 0) is 43.9 Å². The van der Waals surface area contributed by atoms with Crippen LogP contribution in [0.15, 0.2) is 18.2 Å². The quantitative estimate of drug-likeness (QED) is 0.833. The van der Waals surface area contributed by atoms with Gasteiger partial charge in [0.05, 0.1) is 0 Å². The third kappa shape index (κ3) is 5.36. The molecule has 0 aromatic heterocycles. The van der Waals surface area contributed by atoms with E-state index in [0.717, 1.165) is 29.7 Å². The number of anilines is 1. The van der Waals surface area contributed by atoms with Crippen LogP contribution in [0.4, 0.5) is 5.69 Å². The number of carbonyl (C=O) groups excluding carboxylic acids is 2. The number of hydrogen-bond donors (Lipinski definition) is 1. The third-order valence-corrected chi connectivity index (χ3v) is 4.82. The molecule has 1 aliphatic carbocycles. The lowest BCUT2D eigenvalue weighted by Gasteiger charge is -2.24. The van der Waals surface area contributed by atoms with Crippen LogP contribution in [0.2, 0.25) is 0 Å². The Balaban J connectivity index is 1.94. The van der Waals surface area contributed by atoms with Crippen LogP contribution in [0.25, 0.3) is 0 Å². The Morgan fingerprint density at radius 2 is 1.79 bits per heavy atom. The minimum Gasteiger partial charge on any atom is -0.353 e. The van der Waals surface area contributed by atoms with Crippen LogP contribution in [0.1, 0.15) is 63.0 Å². The second-order valence-corrected chi connectivity index (χ2v) is 6.97. The monoisotopic (exact) mass is 330 g/mol. The molecule has 0 spiro atoms. The van der Waals surface area contributed by atoms with Gasteiger partial charge in [0.25, 0.3) is 0 Å². The first kappa shape index (κ1) is 18.5. The fraction of sp³-hybridized carbons (Fsp3) is 0.600. The van der Waals surface area contributed by atoms with Crippen LogP contribution in [-0.4, -0.2) is 24.4 Å². The first-order valence-corrected chi connectivity index (χ1v) is 9.12. The largest absolute Gasteiger partial charge is 0.353 e. The minimum atomic E-state index is -0.0223. The van der Waals surface area contributed by atoms with Crippen LogP contribution < -0.4 is 10.2 Å². The summed E-state index contributed by atoms with van der Waals surface area (Å²) in [5.41, 5.74) is 3.08. The Bertz CT molecular complexity index is 575. The number of nitrogens with zero attached hydrogens (tertiary/aromatic N) is 1. The lowest BCUT2D eigenvalue weighted by Crippen LogP contribution is -2.38. The number of aryl methyl sites for hydroxylation is 2. The van der Waals surface area contributed by atoms with Crippen LogP contribution >= 0.6 is 0 Å². The maximum atomic E-state index is 12.3. The van der Waals surface area contributed by atoms with Crippen molar-refractivity contribution in [3.05, 3.63) is 29.3 Å². The Morgan fingerprint density at radius 3 is 2.42 bits per heavy atom. The Labute approximate surface area is 145 Å². The molecule has 0 bridgehead atoms. The van der Waals surface area contributed by atoms with Gasteiger partial charge in [0.1, 0.15) is 0 Å². The highest BCUT2D eigenvalue weighted by Gasteiger charge is 2.18. The Morgan fingerprint density at radius 1 is 1.12 bits per heavy atom. The van der Waals surface area contributed by atoms with Crippen LogP contribution in [0.5, 0.6) is 0 Å². The molecule has 0 aliphatic heterocycles. The molecule has 2 rings (SSSR count). The molecular weight excluding hydrogens is 300 g/mol. The normalized spacial score (nSPS) is 15.6. The first-order chi connectivity index (χ1) is 11.5. The van der Waals surface area contributed by atoms with Gasteiger partial charge in [0.15, 0.2) is 0 Å². The predicted octanol–water partition coefficient (Wildman–Crippen LogP) is 3.89. The summed E-state index contributed by atoms with van der Waals surface area (Å²) in [7, 11) is 0. The molecule has 4 nitrogen and oxygen atoms in total. The van der Waals surface area contributed by atoms with E-state index in [2.05, 4.69) is 5.32 Å². The Kier molecular flexibility index (Phi) is 6.83. The van der Waals surface area contributed by atoms with E-state index < -0.39 is 0 Å². The number of carbonyl (C=O) groups is 2. The molecule has 1 aromatic rings. The van der Waals surface area contributed by atoms with Gasteiger partial charge in [0.2, 0.25) is 11.8 Å². The van der Waals surface area contributed by atoms with E-state index in [4.69, 9.17) is 0 Å². The third-order valence-electron chi connectivity index (χ3n) is 4.82. The number of amides is 2. The van der Waals surface area contributed by atoms with E-state index >= 15 is 0 Å². The topological polar surface area (TPSA) is 49.4 Å². The molecule has 1 aromatic carbocycles. The van der Waals surface area contributed by atoms with E-state index in [0.29, 0.717) is 19.0 Å². The van der Waals surface area contributed by atoms with Crippen molar-refractivity contribution in [2.45, 2.75) is 71.8 Å². The van der Waals surface area contributed by atoms with Gasteiger partial charge in [-0.25, -0.2) is 0 Å². The highest BCUT2D eigenvalue weighted by Crippen LogP contribution is 2.22. The van der Waals surface area contributed by atoms with E-state index in [9.17, 15) is 9.59 Å². The van der Waals surface area contributed by atoms with E-state index in [1.54, 1.807) is 11.8 Å². The summed E-state index contributed by atoms with van der Waals surface area (Å²) >= 11 is 0. The van der Waals surface area contributed by atoms with Gasteiger partial charge in [-0.3, -0.25) is 9.59 Å². The number of hydrogen-bond acceptors (Lipinski definition) is 2. The zero-order chi connectivity index (χ0) is 17.5. The molecule has 0 atom stereocenters. The predicted molar refractivity (Wildman–Crippen MR) is 98.2 cm³/mol. The Hall–Kier alpha value is -1.84. The molecule has 132 valence electrons. The number of rotatable bonds is 5. The van der Waals surface area contributed by atoms with Crippen LogP contribution in [0.3, 0.4) is 0 Å². The maximum Gasteiger partial charge on any atom is 0.223 e. The van der Waals surface area contributed by atoms with Crippen molar-refractivity contribution in [2.24, 2.45) is 0 Å². The smallest absolute Gasteiger partial charge is 0.223 e. The average molecular weight is 330 g/mol. The summed E-state index contributed by atoms with van der Waals surface area (Å²) in [5.74, 6) is 0.0319.